The Hall–Kier alpha value is -2.30. The van der Waals surface area contributed by atoms with Crippen LogP contribution < -0.4 is 4.74 Å². The van der Waals surface area contributed by atoms with Crippen LogP contribution in [0.25, 0.3) is 0 Å². The number of nitrogens with zero attached hydrogens (tertiary/aromatic N) is 2. The van der Waals surface area contributed by atoms with Gasteiger partial charge in [-0.15, -0.1) is 0 Å². The molecule has 168 valence electrons. The molecule has 0 unspecified atom stereocenters. The summed E-state index contributed by atoms with van der Waals surface area (Å²) in [6.07, 6.45) is -4.70. The number of hydrogen-bond donors (Lipinski definition) is 0. The fourth-order valence-corrected chi connectivity index (χ4v) is 5.11. The second-order valence-corrected chi connectivity index (χ2v) is 9.11. The van der Waals surface area contributed by atoms with Crippen molar-refractivity contribution in [1.29, 1.82) is 0 Å². The summed E-state index contributed by atoms with van der Waals surface area (Å²) < 4.78 is 71.1. The molecule has 1 aliphatic heterocycles. The maximum Gasteiger partial charge on any atom is 0.416 e. The molecule has 1 saturated heterocycles. The minimum atomic E-state index is -4.70. The molecule has 1 heterocycles. The standard InChI is InChI=1S/C20H20ClF3N2O4S/c1-2-30-16-6-3-14(4-7-16)19(27)25-9-11-26(12-10-25)31(28,29)18-13-15(20(22,23)24)5-8-17(18)21/h3-8,13H,2,9-12H2,1H3. The van der Waals surface area contributed by atoms with Gasteiger partial charge in [0.2, 0.25) is 10.0 Å². The number of alkyl halides is 3. The Bertz CT molecular complexity index is 1050. The van der Waals surface area contributed by atoms with E-state index in [1.54, 1.807) is 24.3 Å². The maximum absolute atomic E-state index is 13.0. The van der Waals surface area contributed by atoms with Crippen molar-refractivity contribution in [1.82, 2.24) is 9.21 Å². The highest BCUT2D eigenvalue weighted by molar-refractivity contribution is 7.89. The first kappa shape index (κ1) is 23.4. The van der Waals surface area contributed by atoms with Gasteiger partial charge in [0.05, 0.1) is 17.2 Å². The molecule has 3 rings (SSSR count). The molecule has 0 atom stereocenters. The number of piperazine rings is 1. The number of rotatable bonds is 5. The Morgan fingerprint density at radius 2 is 1.68 bits per heavy atom. The van der Waals surface area contributed by atoms with Gasteiger partial charge < -0.3 is 9.64 Å². The number of benzene rings is 2. The highest BCUT2D eigenvalue weighted by Gasteiger charge is 2.36. The van der Waals surface area contributed by atoms with Crippen molar-refractivity contribution in [3.8, 4) is 5.75 Å². The van der Waals surface area contributed by atoms with Crippen LogP contribution in [0.2, 0.25) is 5.02 Å². The zero-order valence-corrected chi connectivity index (χ0v) is 18.1. The van der Waals surface area contributed by atoms with Crippen LogP contribution in [0.5, 0.6) is 5.75 Å². The third-order valence-electron chi connectivity index (χ3n) is 4.81. The van der Waals surface area contributed by atoms with Gasteiger partial charge in [-0.2, -0.15) is 17.5 Å². The number of halogens is 4. The zero-order chi connectivity index (χ0) is 22.8. The monoisotopic (exact) mass is 476 g/mol. The van der Waals surface area contributed by atoms with Crippen LogP contribution in [0.1, 0.15) is 22.8 Å². The summed E-state index contributed by atoms with van der Waals surface area (Å²) in [7, 11) is -4.25. The summed E-state index contributed by atoms with van der Waals surface area (Å²) in [6.45, 7) is 2.43. The predicted octanol–water partition coefficient (Wildman–Crippen LogP) is 3.90. The number of hydrogen-bond acceptors (Lipinski definition) is 4. The average Bonchev–Trinajstić information content (AvgIpc) is 2.73. The number of ether oxygens (including phenoxy) is 1. The first-order valence-electron chi connectivity index (χ1n) is 9.43. The molecule has 1 fully saturated rings. The molecule has 0 N–H and O–H groups in total. The van der Waals surface area contributed by atoms with Gasteiger partial charge in [-0.3, -0.25) is 4.79 Å². The van der Waals surface area contributed by atoms with Gasteiger partial charge in [-0.05, 0) is 49.4 Å². The molecule has 1 aliphatic rings. The van der Waals surface area contributed by atoms with Crippen LogP contribution in [-0.4, -0.2) is 56.3 Å². The van der Waals surface area contributed by atoms with Crippen molar-refractivity contribution < 1.29 is 31.1 Å². The third-order valence-corrected chi connectivity index (χ3v) is 7.19. The van der Waals surface area contributed by atoms with Crippen LogP contribution in [0.3, 0.4) is 0 Å². The van der Waals surface area contributed by atoms with E-state index in [1.165, 1.54) is 4.90 Å². The number of sulfonamides is 1. The van der Waals surface area contributed by atoms with E-state index in [4.69, 9.17) is 16.3 Å². The summed E-state index contributed by atoms with van der Waals surface area (Å²) in [4.78, 5) is 13.6. The Kier molecular flexibility index (Phi) is 6.82. The Morgan fingerprint density at radius 1 is 1.06 bits per heavy atom. The summed E-state index contributed by atoms with van der Waals surface area (Å²) >= 11 is 5.90. The van der Waals surface area contributed by atoms with Gasteiger partial charge in [0.15, 0.2) is 0 Å². The molecular formula is C20H20ClF3N2O4S. The smallest absolute Gasteiger partial charge is 0.416 e. The molecule has 0 spiro atoms. The normalized spacial score (nSPS) is 15.7. The van der Waals surface area contributed by atoms with Gasteiger partial charge in [-0.1, -0.05) is 11.6 Å². The predicted molar refractivity (Wildman–Crippen MR) is 109 cm³/mol. The molecule has 6 nitrogen and oxygen atoms in total. The first-order valence-corrected chi connectivity index (χ1v) is 11.2. The van der Waals surface area contributed by atoms with Gasteiger partial charge >= 0.3 is 6.18 Å². The van der Waals surface area contributed by atoms with E-state index in [9.17, 15) is 26.4 Å². The molecule has 0 aromatic heterocycles. The van der Waals surface area contributed by atoms with Gasteiger partial charge in [0, 0.05) is 31.7 Å². The molecule has 0 saturated carbocycles. The van der Waals surface area contributed by atoms with Gasteiger partial charge in [0.1, 0.15) is 10.6 Å². The van der Waals surface area contributed by atoms with Crippen molar-refractivity contribution in [2.24, 2.45) is 0 Å². The SMILES string of the molecule is CCOc1ccc(C(=O)N2CCN(S(=O)(=O)c3cc(C(F)(F)F)ccc3Cl)CC2)cc1. The minimum absolute atomic E-state index is 0.0579. The maximum atomic E-state index is 13.0. The molecule has 2 aromatic carbocycles. The molecule has 0 bridgehead atoms. The summed E-state index contributed by atoms with van der Waals surface area (Å²) in [5, 5.41) is -0.291. The summed E-state index contributed by atoms with van der Waals surface area (Å²) in [5.74, 6) is 0.366. The number of carbonyl (C=O) groups is 1. The Labute approximate surface area is 183 Å². The van der Waals surface area contributed by atoms with Crippen LogP contribution in [0.15, 0.2) is 47.4 Å². The van der Waals surface area contributed by atoms with Crippen LogP contribution in [0, 0.1) is 0 Å². The summed E-state index contributed by atoms with van der Waals surface area (Å²) in [5.41, 5.74) is -0.666. The summed E-state index contributed by atoms with van der Waals surface area (Å²) in [6, 6.07) is 8.78. The molecule has 11 heteroatoms. The fourth-order valence-electron chi connectivity index (χ4n) is 3.19. The average molecular weight is 477 g/mol. The van der Waals surface area contributed by atoms with E-state index in [2.05, 4.69) is 0 Å². The minimum Gasteiger partial charge on any atom is -0.494 e. The second-order valence-electron chi connectivity index (χ2n) is 6.80. The van der Waals surface area contributed by atoms with Crippen molar-refractivity contribution >= 4 is 27.5 Å². The van der Waals surface area contributed by atoms with Crippen molar-refractivity contribution in [2.75, 3.05) is 32.8 Å². The van der Waals surface area contributed by atoms with Crippen molar-refractivity contribution in [3.05, 3.63) is 58.6 Å². The lowest BCUT2D eigenvalue weighted by Gasteiger charge is -2.34. The fraction of sp³-hybridized carbons (Fsp3) is 0.350. The Morgan fingerprint density at radius 3 is 2.23 bits per heavy atom. The number of carbonyl (C=O) groups excluding carboxylic acids is 1. The van der Waals surface area contributed by atoms with Gasteiger partial charge in [-0.25, -0.2) is 8.42 Å². The molecule has 1 amide bonds. The van der Waals surface area contributed by atoms with E-state index >= 15 is 0 Å². The number of amides is 1. The van der Waals surface area contributed by atoms with Crippen molar-refractivity contribution in [3.63, 3.8) is 0 Å². The highest BCUT2D eigenvalue weighted by atomic mass is 35.5. The largest absolute Gasteiger partial charge is 0.494 e. The van der Waals surface area contributed by atoms with Crippen LogP contribution in [0.4, 0.5) is 13.2 Å². The quantitative estimate of drug-likeness (QED) is 0.656. The first-order chi connectivity index (χ1) is 14.5. The van der Waals surface area contributed by atoms with E-state index in [-0.39, 0.29) is 37.1 Å². The topological polar surface area (TPSA) is 66.9 Å². The van der Waals surface area contributed by atoms with Crippen LogP contribution in [-0.2, 0) is 16.2 Å². The van der Waals surface area contributed by atoms with E-state index < -0.39 is 26.7 Å². The second kappa shape index (κ2) is 9.05. The Balaban J connectivity index is 1.72. The van der Waals surface area contributed by atoms with Gasteiger partial charge in [0.25, 0.3) is 5.91 Å². The molecule has 0 radical (unpaired) electrons. The van der Waals surface area contributed by atoms with E-state index in [0.29, 0.717) is 24.0 Å². The molecular weight excluding hydrogens is 457 g/mol. The lowest BCUT2D eigenvalue weighted by Crippen LogP contribution is -2.50. The molecule has 31 heavy (non-hydrogen) atoms. The van der Waals surface area contributed by atoms with E-state index in [0.717, 1.165) is 16.4 Å². The lowest BCUT2D eigenvalue weighted by atomic mass is 10.2. The molecule has 2 aromatic rings. The zero-order valence-electron chi connectivity index (χ0n) is 16.5. The third kappa shape index (κ3) is 5.13. The lowest BCUT2D eigenvalue weighted by molar-refractivity contribution is -0.137. The molecule has 0 aliphatic carbocycles. The highest BCUT2D eigenvalue weighted by Crippen LogP contribution is 2.34. The van der Waals surface area contributed by atoms with E-state index in [1.807, 2.05) is 6.92 Å². The van der Waals surface area contributed by atoms with Crippen LogP contribution >= 0.6 is 11.6 Å². The van der Waals surface area contributed by atoms with Crippen molar-refractivity contribution in [2.45, 2.75) is 18.0 Å².